The normalized spacial score (nSPS) is 11.5. The third kappa shape index (κ3) is 6.44. The van der Waals surface area contributed by atoms with Crippen LogP contribution in [0.2, 0.25) is 0 Å². The Morgan fingerprint density at radius 3 is 1.54 bits per heavy atom. The van der Waals surface area contributed by atoms with Gasteiger partial charge in [0.1, 0.15) is 5.82 Å². The van der Waals surface area contributed by atoms with Crippen molar-refractivity contribution in [3.63, 3.8) is 0 Å². The van der Waals surface area contributed by atoms with Crippen LogP contribution in [0, 0.1) is 0 Å². The van der Waals surface area contributed by atoms with Gasteiger partial charge in [-0.25, -0.2) is 0 Å². The zero-order chi connectivity index (χ0) is 25.8. The van der Waals surface area contributed by atoms with Gasteiger partial charge in [0.25, 0.3) is 0 Å². The van der Waals surface area contributed by atoms with Crippen molar-refractivity contribution in [2.24, 2.45) is 0 Å². The van der Waals surface area contributed by atoms with E-state index in [0.29, 0.717) is 4.47 Å². The van der Waals surface area contributed by atoms with Gasteiger partial charge in [-0.2, -0.15) is 26.3 Å². The Kier molecular flexibility index (Phi) is 7.58. The summed E-state index contributed by atoms with van der Waals surface area (Å²) in [5, 5.41) is 14.5. The van der Waals surface area contributed by atoms with Crippen LogP contribution in [0.25, 0.3) is 22.5 Å². The van der Waals surface area contributed by atoms with Gasteiger partial charge in [0, 0.05) is 11.1 Å². The molecule has 0 saturated heterocycles. The van der Waals surface area contributed by atoms with Crippen LogP contribution in [0.15, 0.2) is 71.2 Å². The Hall–Kier alpha value is -3.74. The number of halogens is 7. The highest BCUT2D eigenvalue weighted by molar-refractivity contribution is 9.10. The highest BCUT2D eigenvalue weighted by Crippen LogP contribution is 2.37. The monoisotopic (exact) mass is 556 g/mol. The molecule has 4 N–H and O–H groups in total. The molecule has 2 heterocycles. The van der Waals surface area contributed by atoms with Gasteiger partial charge in [-0.05, 0) is 46.3 Å². The van der Waals surface area contributed by atoms with E-state index in [1.54, 1.807) is 0 Å². The maximum Gasteiger partial charge on any atom is 0.417 e. The molecule has 2 aromatic carbocycles. The minimum Gasteiger partial charge on any atom is -0.382 e. The second-order valence-electron chi connectivity index (χ2n) is 6.89. The highest BCUT2D eigenvalue weighted by Gasteiger charge is 2.34. The number of benzene rings is 2. The number of hydrogen-bond donors (Lipinski definition) is 2. The van der Waals surface area contributed by atoms with Crippen LogP contribution in [-0.4, -0.2) is 20.4 Å². The molecule has 0 spiro atoms. The summed E-state index contributed by atoms with van der Waals surface area (Å²) in [6.45, 7) is 0. The molecule has 2 aromatic heterocycles. The fourth-order valence-electron chi connectivity index (χ4n) is 2.90. The Morgan fingerprint density at radius 1 is 0.600 bits per heavy atom. The molecule has 6 nitrogen and oxygen atoms in total. The molecule has 13 heteroatoms. The molecule has 4 aromatic rings. The van der Waals surface area contributed by atoms with Crippen molar-refractivity contribution in [3.05, 3.63) is 82.3 Å². The fraction of sp³-hybridized carbons (Fsp3) is 0.0909. The van der Waals surface area contributed by atoms with Crippen molar-refractivity contribution >= 4 is 27.6 Å². The van der Waals surface area contributed by atoms with Crippen molar-refractivity contribution in [1.29, 1.82) is 0 Å². The third-order valence-electron chi connectivity index (χ3n) is 4.48. The largest absolute Gasteiger partial charge is 0.417 e. The highest BCUT2D eigenvalue weighted by atomic mass is 79.9. The average molecular weight is 557 g/mol. The predicted molar refractivity (Wildman–Crippen MR) is 121 cm³/mol. The second-order valence-corrected chi connectivity index (χ2v) is 7.75. The van der Waals surface area contributed by atoms with E-state index in [1.165, 1.54) is 54.6 Å². The third-order valence-corrected chi connectivity index (χ3v) is 5.11. The summed E-state index contributed by atoms with van der Waals surface area (Å²) in [7, 11) is 0. The lowest BCUT2D eigenvalue weighted by molar-refractivity contribution is -0.137. The van der Waals surface area contributed by atoms with Crippen LogP contribution in [0.5, 0.6) is 0 Å². The van der Waals surface area contributed by atoms with Crippen LogP contribution in [0.3, 0.4) is 0 Å². The zero-order valence-electron chi connectivity index (χ0n) is 17.4. The number of alkyl halides is 6. The number of hydrogen-bond acceptors (Lipinski definition) is 6. The van der Waals surface area contributed by atoms with E-state index < -0.39 is 23.5 Å². The summed E-state index contributed by atoms with van der Waals surface area (Å²) in [4.78, 5) is 0. The summed E-state index contributed by atoms with van der Waals surface area (Å²) in [6, 6.07) is 14.6. The smallest absolute Gasteiger partial charge is 0.382 e. The summed E-state index contributed by atoms with van der Waals surface area (Å²) < 4.78 is 77.1. The molecule has 0 aliphatic heterocycles. The summed E-state index contributed by atoms with van der Waals surface area (Å²) >= 11 is 3.11. The summed E-state index contributed by atoms with van der Waals surface area (Å²) in [5.41, 5.74) is 9.51. The van der Waals surface area contributed by atoms with Crippen molar-refractivity contribution in [2.45, 2.75) is 12.4 Å². The molecule has 0 unspecified atom stereocenters. The van der Waals surface area contributed by atoms with Crippen LogP contribution < -0.4 is 11.5 Å². The van der Waals surface area contributed by atoms with Crippen LogP contribution in [0.1, 0.15) is 11.1 Å². The van der Waals surface area contributed by atoms with Crippen molar-refractivity contribution in [2.75, 3.05) is 11.5 Å². The molecule has 35 heavy (non-hydrogen) atoms. The molecule has 4 rings (SSSR count). The van der Waals surface area contributed by atoms with E-state index in [9.17, 15) is 26.3 Å². The van der Waals surface area contributed by atoms with E-state index in [4.69, 9.17) is 11.5 Å². The number of anilines is 2. The number of rotatable bonds is 2. The molecule has 0 aliphatic carbocycles. The number of nitrogens with two attached hydrogens (primary N) is 2. The minimum absolute atomic E-state index is 0.00694. The molecule has 0 atom stereocenters. The molecular weight excluding hydrogens is 542 g/mol. The lowest BCUT2D eigenvalue weighted by atomic mass is 10.0. The summed E-state index contributed by atoms with van der Waals surface area (Å²) in [5.74, 6) is 0.293. The van der Waals surface area contributed by atoms with E-state index in [-0.39, 0.29) is 34.2 Å². The van der Waals surface area contributed by atoms with Gasteiger partial charge in [0.05, 0.1) is 27.0 Å². The van der Waals surface area contributed by atoms with Gasteiger partial charge in [-0.1, -0.05) is 36.4 Å². The Labute approximate surface area is 203 Å². The number of aromatic nitrogens is 4. The van der Waals surface area contributed by atoms with Gasteiger partial charge in [0.2, 0.25) is 0 Å². The van der Waals surface area contributed by atoms with Crippen molar-refractivity contribution in [1.82, 2.24) is 20.4 Å². The van der Waals surface area contributed by atoms with E-state index in [2.05, 4.69) is 36.3 Å². The van der Waals surface area contributed by atoms with Gasteiger partial charge in [0.15, 0.2) is 5.82 Å². The molecule has 182 valence electrons. The second kappa shape index (κ2) is 10.3. The zero-order valence-corrected chi connectivity index (χ0v) is 19.0. The molecule has 0 fully saturated rings. The lowest BCUT2D eigenvalue weighted by Crippen LogP contribution is -2.08. The average Bonchev–Trinajstić information content (AvgIpc) is 2.81. The standard InChI is InChI=1S/C11H7BrF3N3.C11H8F3N3/c12-8-5-9(17-18-10(8)16)6-3-1-2-4-7(6)11(13,14)15;12-11(13,14)8-4-2-1-3-7(8)9-5-6-10(15)17-16-9/h1-5H,(H2,16,18);1-6H,(H2,15,17). The van der Waals surface area contributed by atoms with Crippen molar-refractivity contribution in [3.8, 4) is 22.5 Å². The first-order valence-corrected chi connectivity index (χ1v) is 10.4. The molecule has 0 saturated carbocycles. The van der Waals surface area contributed by atoms with E-state index in [0.717, 1.165) is 12.1 Å². The molecule has 0 aliphatic rings. The molecule has 0 amide bonds. The number of nitrogen functional groups attached to an aromatic ring is 2. The molecule has 0 bridgehead atoms. The van der Waals surface area contributed by atoms with E-state index >= 15 is 0 Å². The summed E-state index contributed by atoms with van der Waals surface area (Å²) in [6.07, 6.45) is -8.86. The predicted octanol–water partition coefficient (Wildman–Crippen LogP) is 6.25. The molecule has 0 radical (unpaired) electrons. The first-order valence-electron chi connectivity index (χ1n) is 9.59. The first-order chi connectivity index (χ1) is 16.4. The SMILES string of the molecule is Nc1ccc(-c2ccccc2C(F)(F)F)nn1.Nc1nnc(-c2ccccc2C(F)(F)F)cc1Br. The minimum atomic E-state index is -4.44. The first kappa shape index (κ1) is 25.9. The Balaban J connectivity index is 0.000000196. The van der Waals surface area contributed by atoms with Crippen LogP contribution in [0.4, 0.5) is 38.0 Å². The Bertz CT molecular complexity index is 1310. The maximum absolute atomic E-state index is 12.8. The topological polar surface area (TPSA) is 104 Å². The van der Waals surface area contributed by atoms with Gasteiger partial charge >= 0.3 is 12.4 Å². The molecular formula is C22H15BrF6N6. The quantitative estimate of drug-likeness (QED) is 0.283. The van der Waals surface area contributed by atoms with Crippen molar-refractivity contribution < 1.29 is 26.3 Å². The van der Waals surface area contributed by atoms with Gasteiger partial charge in [-0.15, -0.1) is 20.4 Å². The fourth-order valence-corrected chi connectivity index (χ4v) is 3.20. The van der Waals surface area contributed by atoms with Gasteiger partial charge < -0.3 is 11.5 Å². The maximum atomic E-state index is 12.8. The Morgan fingerprint density at radius 2 is 1.09 bits per heavy atom. The number of nitrogens with zero attached hydrogens (tertiary/aromatic N) is 4. The lowest BCUT2D eigenvalue weighted by Gasteiger charge is -2.12. The van der Waals surface area contributed by atoms with Gasteiger partial charge in [-0.3, -0.25) is 0 Å². The van der Waals surface area contributed by atoms with Crippen LogP contribution >= 0.6 is 15.9 Å². The van der Waals surface area contributed by atoms with E-state index in [1.807, 2.05) is 0 Å². The van der Waals surface area contributed by atoms with Crippen LogP contribution in [-0.2, 0) is 12.4 Å².